The van der Waals surface area contributed by atoms with E-state index < -0.39 is 15.9 Å². The molecule has 0 radical (unpaired) electrons. The Balaban J connectivity index is 2.21. The summed E-state index contributed by atoms with van der Waals surface area (Å²) in [4.78, 5) is 12.4. The third-order valence-electron chi connectivity index (χ3n) is 4.06. The molecule has 0 bridgehead atoms. The number of rotatable bonds is 6. The van der Waals surface area contributed by atoms with E-state index in [1.807, 2.05) is 24.3 Å². The second-order valence-electron chi connectivity index (χ2n) is 6.48. The van der Waals surface area contributed by atoms with Crippen LogP contribution in [0, 0.1) is 6.92 Å². The molecule has 0 aromatic heterocycles. The Labute approximate surface area is 160 Å². The van der Waals surface area contributed by atoms with Gasteiger partial charge in [0.05, 0.1) is 11.9 Å². The molecule has 7 heteroatoms. The quantitative estimate of drug-likeness (QED) is 0.799. The summed E-state index contributed by atoms with van der Waals surface area (Å²) in [7, 11) is -3.65. The van der Waals surface area contributed by atoms with Crippen LogP contribution in [-0.2, 0) is 14.8 Å². The number of anilines is 2. The van der Waals surface area contributed by atoms with Crippen molar-refractivity contribution in [1.29, 1.82) is 0 Å². The smallest absolute Gasteiger partial charge is 0.245 e. The predicted molar refractivity (Wildman–Crippen MR) is 108 cm³/mol. The van der Waals surface area contributed by atoms with Crippen molar-refractivity contribution in [2.75, 3.05) is 22.4 Å². The summed E-state index contributed by atoms with van der Waals surface area (Å²) < 4.78 is 25.5. The van der Waals surface area contributed by atoms with E-state index in [0.717, 1.165) is 16.1 Å². The zero-order chi connectivity index (χ0) is 19.5. The highest BCUT2D eigenvalue weighted by molar-refractivity contribution is 7.92. The van der Waals surface area contributed by atoms with Gasteiger partial charge in [0.1, 0.15) is 6.54 Å². The lowest BCUT2D eigenvalue weighted by Crippen LogP contribution is -2.37. The minimum absolute atomic E-state index is 0.327. The molecule has 2 aromatic rings. The van der Waals surface area contributed by atoms with Gasteiger partial charge in [-0.15, -0.1) is 0 Å². The third kappa shape index (κ3) is 4.99. The van der Waals surface area contributed by atoms with E-state index in [1.165, 1.54) is 0 Å². The molecule has 1 N–H and O–H groups in total. The maximum atomic E-state index is 12.4. The van der Waals surface area contributed by atoms with Crippen molar-refractivity contribution in [2.24, 2.45) is 0 Å². The highest BCUT2D eigenvalue weighted by Crippen LogP contribution is 2.28. The first-order valence-electron chi connectivity index (χ1n) is 8.22. The van der Waals surface area contributed by atoms with Crippen LogP contribution in [0.5, 0.6) is 0 Å². The van der Waals surface area contributed by atoms with Gasteiger partial charge in [0, 0.05) is 10.7 Å². The lowest BCUT2D eigenvalue weighted by atomic mass is 10.0. The van der Waals surface area contributed by atoms with Crippen LogP contribution < -0.4 is 9.62 Å². The van der Waals surface area contributed by atoms with Gasteiger partial charge in [0.15, 0.2) is 0 Å². The molecule has 0 atom stereocenters. The van der Waals surface area contributed by atoms with Crippen LogP contribution >= 0.6 is 11.6 Å². The molecule has 1 amide bonds. The molecule has 2 aromatic carbocycles. The summed E-state index contributed by atoms with van der Waals surface area (Å²) in [6, 6.07) is 12.5. The number of hydrogen-bond acceptors (Lipinski definition) is 3. The Morgan fingerprint density at radius 2 is 1.77 bits per heavy atom. The molecule has 0 unspecified atom stereocenters. The number of nitrogens with zero attached hydrogens (tertiary/aromatic N) is 1. The molecule has 2 rings (SSSR count). The van der Waals surface area contributed by atoms with Gasteiger partial charge in [-0.2, -0.15) is 0 Å². The van der Waals surface area contributed by atoms with Crippen molar-refractivity contribution in [2.45, 2.75) is 26.7 Å². The fraction of sp³-hybridized carbons (Fsp3) is 0.316. The fourth-order valence-electron chi connectivity index (χ4n) is 2.53. The van der Waals surface area contributed by atoms with Gasteiger partial charge in [0.2, 0.25) is 15.9 Å². The fourth-order valence-corrected chi connectivity index (χ4v) is 3.61. The zero-order valence-electron chi connectivity index (χ0n) is 15.3. The summed E-state index contributed by atoms with van der Waals surface area (Å²) in [5.74, 6) is -0.0293. The number of amides is 1. The average Bonchev–Trinajstić information content (AvgIpc) is 2.55. The standard InChI is InChI=1S/C19H23ClN2O3S/c1-13(2)15-8-10-16(11-9-15)21-19(23)12-22(26(4,24)25)18-7-5-6-17(20)14(18)3/h5-11,13H,12H2,1-4H3,(H,21,23). The van der Waals surface area contributed by atoms with Crippen LogP contribution in [0.1, 0.15) is 30.9 Å². The number of nitrogens with one attached hydrogen (secondary N) is 1. The number of carbonyl (C=O) groups excluding carboxylic acids is 1. The van der Waals surface area contributed by atoms with E-state index in [-0.39, 0.29) is 6.54 Å². The molecular formula is C19H23ClN2O3S. The number of halogens is 1. The second-order valence-corrected chi connectivity index (χ2v) is 8.79. The third-order valence-corrected chi connectivity index (χ3v) is 5.59. The topological polar surface area (TPSA) is 66.5 Å². The highest BCUT2D eigenvalue weighted by Gasteiger charge is 2.23. The van der Waals surface area contributed by atoms with Crippen LogP contribution in [0.25, 0.3) is 0 Å². The van der Waals surface area contributed by atoms with E-state index >= 15 is 0 Å². The lowest BCUT2D eigenvalue weighted by Gasteiger charge is -2.24. The zero-order valence-corrected chi connectivity index (χ0v) is 16.9. The van der Waals surface area contributed by atoms with Crippen molar-refractivity contribution < 1.29 is 13.2 Å². The summed E-state index contributed by atoms with van der Waals surface area (Å²) >= 11 is 6.09. The molecule has 0 fully saturated rings. The van der Waals surface area contributed by atoms with Gasteiger partial charge < -0.3 is 5.32 Å². The molecule has 26 heavy (non-hydrogen) atoms. The average molecular weight is 395 g/mol. The van der Waals surface area contributed by atoms with E-state index in [0.29, 0.717) is 27.9 Å². The Bertz CT molecular complexity index is 894. The summed E-state index contributed by atoms with van der Waals surface area (Å²) in [6.45, 7) is 5.57. The largest absolute Gasteiger partial charge is 0.325 e. The Hall–Kier alpha value is -2.05. The van der Waals surface area contributed by atoms with Gasteiger partial charge in [-0.3, -0.25) is 9.10 Å². The molecule has 0 aliphatic heterocycles. The van der Waals surface area contributed by atoms with E-state index in [9.17, 15) is 13.2 Å². The molecule has 0 heterocycles. The predicted octanol–water partition coefficient (Wildman–Crippen LogP) is 4.18. The number of benzene rings is 2. The number of sulfonamides is 1. The SMILES string of the molecule is Cc1c(Cl)cccc1N(CC(=O)Nc1ccc(C(C)C)cc1)S(C)(=O)=O. The Morgan fingerprint density at radius 3 is 2.31 bits per heavy atom. The van der Waals surface area contributed by atoms with Crippen molar-refractivity contribution in [3.63, 3.8) is 0 Å². The maximum absolute atomic E-state index is 12.4. The van der Waals surface area contributed by atoms with E-state index in [2.05, 4.69) is 19.2 Å². The van der Waals surface area contributed by atoms with Gasteiger partial charge in [-0.1, -0.05) is 43.6 Å². The first-order valence-corrected chi connectivity index (χ1v) is 10.4. The van der Waals surface area contributed by atoms with Crippen molar-refractivity contribution in [3.8, 4) is 0 Å². The van der Waals surface area contributed by atoms with Gasteiger partial charge >= 0.3 is 0 Å². The van der Waals surface area contributed by atoms with Crippen LogP contribution in [0.3, 0.4) is 0 Å². The summed E-state index contributed by atoms with van der Waals surface area (Å²) in [5.41, 5.74) is 2.78. The first kappa shape index (κ1) is 20.3. The highest BCUT2D eigenvalue weighted by atomic mass is 35.5. The van der Waals surface area contributed by atoms with Gasteiger partial charge in [-0.05, 0) is 48.2 Å². The van der Waals surface area contributed by atoms with Crippen molar-refractivity contribution >= 4 is 38.9 Å². The Morgan fingerprint density at radius 1 is 1.15 bits per heavy atom. The molecule has 0 saturated carbocycles. The van der Waals surface area contributed by atoms with Crippen LogP contribution in [0.2, 0.25) is 5.02 Å². The molecule has 0 aliphatic rings. The molecule has 5 nitrogen and oxygen atoms in total. The monoisotopic (exact) mass is 394 g/mol. The van der Waals surface area contributed by atoms with Crippen LogP contribution in [0.4, 0.5) is 11.4 Å². The molecule has 0 spiro atoms. The van der Waals surface area contributed by atoms with Crippen LogP contribution in [-0.4, -0.2) is 27.1 Å². The first-order chi connectivity index (χ1) is 12.1. The molecule has 0 aliphatic carbocycles. The number of hydrogen-bond donors (Lipinski definition) is 1. The maximum Gasteiger partial charge on any atom is 0.245 e. The number of carbonyl (C=O) groups is 1. The Kier molecular flexibility index (Phi) is 6.31. The molecular weight excluding hydrogens is 372 g/mol. The molecule has 140 valence electrons. The van der Waals surface area contributed by atoms with Gasteiger partial charge in [0.25, 0.3) is 0 Å². The lowest BCUT2D eigenvalue weighted by molar-refractivity contribution is -0.114. The van der Waals surface area contributed by atoms with Crippen molar-refractivity contribution in [3.05, 3.63) is 58.6 Å². The van der Waals surface area contributed by atoms with Crippen LogP contribution in [0.15, 0.2) is 42.5 Å². The summed E-state index contributed by atoms with van der Waals surface area (Å²) in [5, 5.41) is 3.18. The minimum Gasteiger partial charge on any atom is -0.325 e. The second kappa shape index (κ2) is 8.10. The minimum atomic E-state index is -3.65. The van der Waals surface area contributed by atoms with Crippen molar-refractivity contribution in [1.82, 2.24) is 0 Å². The normalized spacial score (nSPS) is 11.5. The van der Waals surface area contributed by atoms with E-state index in [1.54, 1.807) is 25.1 Å². The van der Waals surface area contributed by atoms with Gasteiger partial charge in [-0.25, -0.2) is 8.42 Å². The summed E-state index contributed by atoms with van der Waals surface area (Å²) in [6.07, 6.45) is 1.07. The molecule has 0 saturated heterocycles. The van der Waals surface area contributed by atoms with E-state index in [4.69, 9.17) is 11.6 Å².